The van der Waals surface area contributed by atoms with E-state index in [1.54, 1.807) is 42.0 Å². The lowest BCUT2D eigenvalue weighted by atomic mass is 10.1. The molecule has 2 aromatic carbocycles. The van der Waals surface area contributed by atoms with Crippen molar-refractivity contribution in [2.45, 2.75) is 39.2 Å². The highest BCUT2D eigenvalue weighted by atomic mass is 32.1. The van der Waals surface area contributed by atoms with Crippen LogP contribution in [0.1, 0.15) is 53.4 Å². The van der Waals surface area contributed by atoms with Crippen molar-refractivity contribution in [3.05, 3.63) is 68.5 Å². The first-order valence-electron chi connectivity index (χ1n) is 11.8. The topological polar surface area (TPSA) is 92.9 Å². The van der Waals surface area contributed by atoms with Crippen molar-refractivity contribution in [2.75, 3.05) is 11.9 Å². The number of anilines is 1. The standard InChI is InChI=1S/C27H27N3O4S2/c1-2-34-26(33)18-11-13-20(14-12-18)29-24(31)10-4-3-7-15-30-25(32)23(36-27(30)35)16-19-17-28-22-9-6-5-8-21(19)22/h5-6,8-9,11-14,16-17,32H,2-4,7,10,15H2,1H3,(H,29,31)/b19-16+. The predicted octanol–water partition coefficient (Wildman–Crippen LogP) is 6.62. The van der Waals surface area contributed by atoms with E-state index in [1.807, 2.05) is 30.3 Å². The van der Waals surface area contributed by atoms with Crippen LogP contribution in [-0.4, -0.2) is 34.4 Å². The number of ether oxygens (including phenoxy) is 1. The number of amides is 1. The Hall–Kier alpha value is -3.56. The molecule has 0 bridgehead atoms. The summed E-state index contributed by atoms with van der Waals surface area (Å²) in [6, 6.07) is 14.5. The molecule has 3 aromatic rings. The van der Waals surface area contributed by atoms with Gasteiger partial charge in [0.1, 0.15) is 0 Å². The SMILES string of the molecule is CCOC(=O)c1ccc(NC(=O)CCCCCn2c(O)c(/C=C3\C=Nc4ccccc43)sc2=S)cc1. The van der Waals surface area contributed by atoms with Gasteiger partial charge in [-0.05, 0) is 68.4 Å². The Morgan fingerprint density at radius 2 is 1.92 bits per heavy atom. The van der Waals surface area contributed by atoms with Gasteiger partial charge in [0.2, 0.25) is 11.8 Å². The van der Waals surface area contributed by atoms with Crippen LogP contribution in [0.5, 0.6) is 5.88 Å². The van der Waals surface area contributed by atoms with Crippen LogP contribution in [0, 0.1) is 3.95 Å². The van der Waals surface area contributed by atoms with E-state index in [4.69, 9.17) is 17.0 Å². The average Bonchev–Trinajstić information content (AvgIpc) is 3.40. The number of aromatic nitrogens is 1. The third-order valence-corrected chi connectivity index (χ3v) is 7.09. The number of carbonyl (C=O) groups excluding carboxylic acids is 2. The molecular formula is C27H27N3O4S2. The smallest absolute Gasteiger partial charge is 0.338 e. The lowest BCUT2D eigenvalue weighted by Crippen LogP contribution is -2.11. The van der Waals surface area contributed by atoms with Crippen molar-refractivity contribution in [2.24, 2.45) is 4.99 Å². The van der Waals surface area contributed by atoms with Gasteiger partial charge in [-0.25, -0.2) is 4.79 Å². The number of carbonyl (C=O) groups is 2. The zero-order valence-electron chi connectivity index (χ0n) is 19.9. The molecular weight excluding hydrogens is 494 g/mol. The fourth-order valence-electron chi connectivity index (χ4n) is 3.86. The number of nitrogens with zero attached hydrogens (tertiary/aromatic N) is 2. The molecule has 0 fully saturated rings. The van der Waals surface area contributed by atoms with Crippen LogP contribution in [-0.2, 0) is 16.1 Å². The van der Waals surface area contributed by atoms with E-state index in [9.17, 15) is 14.7 Å². The highest BCUT2D eigenvalue weighted by Gasteiger charge is 2.15. The van der Waals surface area contributed by atoms with E-state index in [2.05, 4.69) is 10.3 Å². The molecule has 1 aromatic heterocycles. The molecule has 1 aliphatic heterocycles. The second-order valence-electron chi connectivity index (χ2n) is 8.24. The maximum absolute atomic E-state index is 12.3. The number of aromatic hydroxyl groups is 1. The van der Waals surface area contributed by atoms with Gasteiger partial charge in [0.15, 0.2) is 3.95 Å². The fraction of sp³-hybridized carbons (Fsp3) is 0.259. The zero-order chi connectivity index (χ0) is 25.5. The molecule has 7 nitrogen and oxygen atoms in total. The van der Waals surface area contributed by atoms with Crippen molar-refractivity contribution in [1.82, 2.24) is 4.57 Å². The molecule has 0 atom stereocenters. The van der Waals surface area contributed by atoms with Gasteiger partial charge in [-0.1, -0.05) is 24.6 Å². The van der Waals surface area contributed by atoms with Gasteiger partial charge in [0, 0.05) is 36.0 Å². The van der Waals surface area contributed by atoms with Crippen LogP contribution in [0.25, 0.3) is 11.6 Å². The van der Waals surface area contributed by atoms with Gasteiger partial charge in [0.25, 0.3) is 0 Å². The third-order valence-electron chi connectivity index (χ3n) is 5.70. The van der Waals surface area contributed by atoms with E-state index < -0.39 is 0 Å². The number of aliphatic imine (C=N–C) groups is 1. The normalized spacial score (nSPS) is 13.1. The molecule has 0 unspecified atom stereocenters. The van der Waals surface area contributed by atoms with Crippen molar-refractivity contribution >= 4 is 64.7 Å². The molecule has 1 amide bonds. The minimum Gasteiger partial charge on any atom is -0.493 e. The first kappa shape index (κ1) is 25.5. The third kappa shape index (κ3) is 6.16. The summed E-state index contributed by atoms with van der Waals surface area (Å²) in [6.45, 7) is 2.66. The second-order valence-corrected chi connectivity index (χ2v) is 9.91. The number of fused-ring (bicyclic) bond motifs is 1. The highest BCUT2D eigenvalue weighted by molar-refractivity contribution is 7.73. The minimum atomic E-state index is -0.381. The first-order chi connectivity index (χ1) is 17.5. The number of rotatable bonds is 10. The van der Waals surface area contributed by atoms with Gasteiger partial charge in [-0.3, -0.25) is 14.4 Å². The fourth-order valence-corrected chi connectivity index (χ4v) is 5.17. The van der Waals surface area contributed by atoms with Crippen molar-refractivity contribution in [1.29, 1.82) is 0 Å². The van der Waals surface area contributed by atoms with Gasteiger partial charge in [-0.15, -0.1) is 11.3 Å². The number of esters is 1. The Balaban J connectivity index is 1.24. The summed E-state index contributed by atoms with van der Waals surface area (Å²) < 4.78 is 7.32. The highest BCUT2D eigenvalue weighted by Crippen LogP contribution is 2.35. The van der Waals surface area contributed by atoms with E-state index >= 15 is 0 Å². The van der Waals surface area contributed by atoms with Crippen LogP contribution in [0.3, 0.4) is 0 Å². The van der Waals surface area contributed by atoms with Crippen LogP contribution < -0.4 is 5.32 Å². The van der Waals surface area contributed by atoms with Crippen LogP contribution in [0.4, 0.5) is 11.4 Å². The molecule has 2 heterocycles. The summed E-state index contributed by atoms with van der Waals surface area (Å²) in [5.74, 6) is -0.297. The monoisotopic (exact) mass is 521 g/mol. The number of thiazole rings is 1. The maximum Gasteiger partial charge on any atom is 0.338 e. The summed E-state index contributed by atoms with van der Waals surface area (Å²) in [4.78, 5) is 29.1. The Labute approximate surface area is 218 Å². The molecule has 186 valence electrons. The van der Waals surface area contributed by atoms with Crippen molar-refractivity contribution in [3.8, 4) is 5.88 Å². The molecule has 0 spiro atoms. The van der Waals surface area contributed by atoms with E-state index in [0.29, 0.717) is 39.7 Å². The maximum atomic E-state index is 12.3. The quantitative estimate of drug-likeness (QED) is 0.178. The van der Waals surface area contributed by atoms with E-state index in [1.165, 1.54) is 11.3 Å². The number of para-hydroxylation sites is 1. The molecule has 0 saturated heterocycles. The van der Waals surface area contributed by atoms with Gasteiger partial charge in [-0.2, -0.15) is 0 Å². The molecule has 0 aliphatic carbocycles. The van der Waals surface area contributed by atoms with E-state index in [-0.39, 0.29) is 17.8 Å². The molecule has 4 rings (SSSR count). The Morgan fingerprint density at radius 3 is 2.69 bits per heavy atom. The first-order valence-corrected chi connectivity index (χ1v) is 13.0. The van der Waals surface area contributed by atoms with Crippen LogP contribution in [0.15, 0.2) is 53.5 Å². The summed E-state index contributed by atoms with van der Waals surface area (Å²) in [5, 5.41) is 13.6. The van der Waals surface area contributed by atoms with Gasteiger partial charge in [0.05, 0.1) is 22.7 Å². The molecule has 36 heavy (non-hydrogen) atoms. The van der Waals surface area contributed by atoms with Gasteiger partial charge < -0.3 is 15.2 Å². The average molecular weight is 522 g/mol. The number of benzene rings is 2. The molecule has 2 N–H and O–H groups in total. The Kier molecular flexibility index (Phi) is 8.45. The molecule has 1 aliphatic rings. The lowest BCUT2D eigenvalue weighted by Gasteiger charge is -2.07. The van der Waals surface area contributed by atoms with Gasteiger partial charge >= 0.3 is 5.97 Å². The van der Waals surface area contributed by atoms with E-state index in [0.717, 1.165) is 36.1 Å². The number of allylic oxidation sites excluding steroid dienone is 1. The van der Waals surface area contributed by atoms with Crippen molar-refractivity contribution in [3.63, 3.8) is 0 Å². The largest absolute Gasteiger partial charge is 0.493 e. The summed E-state index contributed by atoms with van der Waals surface area (Å²) >= 11 is 6.85. The van der Waals surface area contributed by atoms with Crippen molar-refractivity contribution < 1.29 is 19.4 Å². The summed E-state index contributed by atoms with van der Waals surface area (Å²) in [5.41, 5.74) is 4.00. The Bertz CT molecular complexity index is 1370. The second kappa shape index (κ2) is 11.9. The molecule has 9 heteroatoms. The predicted molar refractivity (Wildman–Crippen MR) is 147 cm³/mol. The molecule has 0 saturated carbocycles. The lowest BCUT2D eigenvalue weighted by molar-refractivity contribution is -0.116. The molecule has 0 radical (unpaired) electrons. The number of unbranched alkanes of at least 4 members (excludes halogenated alkanes) is 2. The minimum absolute atomic E-state index is 0.0821. The summed E-state index contributed by atoms with van der Waals surface area (Å²) in [7, 11) is 0. The zero-order valence-corrected chi connectivity index (χ0v) is 21.5. The number of nitrogens with one attached hydrogen (secondary N) is 1. The number of hydrogen-bond donors (Lipinski definition) is 2. The Morgan fingerprint density at radius 1 is 1.14 bits per heavy atom. The van der Waals surface area contributed by atoms with Crippen LogP contribution in [0.2, 0.25) is 0 Å². The summed E-state index contributed by atoms with van der Waals surface area (Å²) in [6.07, 6.45) is 6.44. The number of hydrogen-bond acceptors (Lipinski definition) is 7. The van der Waals surface area contributed by atoms with Crippen LogP contribution >= 0.6 is 23.6 Å².